The summed E-state index contributed by atoms with van der Waals surface area (Å²) in [6.45, 7) is 0. The minimum absolute atomic E-state index is 0.263. The molecule has 1 aliphatic rings. The Morgan fingerprint density at radius 2 is 1.68 bits per heavy atom. The first-order valence-corrected chi connectivity index (χ1v) is 7.40. The van der Waals surface area contributed by atoms with E-state index in [1.54, 1.807) is 0 Å². The Hall–Kier alpha value is -2.37. The van der Waals surface area contributed by atoms with Crippen molar-refractivity contribution in [3.05, 3.63) is 35.9 Å². The molecule has 1 aromatic carbocycles. The van der Waals surface area contributed by atoms with Crippen molar-refractivity contribution in [2.75, 3.05) is 0 Å². The summed E-state index contributed by atoms with van der Waals surface area (Å²) >= 11 is 0. The maximum atomic E-state index is 12.8. The molecule has 5 N–H and O–H groups in total. The van der Waals surface area contributed by atoms with E-state index in [4.69, 9.17) is 11.5 Å². The van der Waals surface area contributed by atoms with Gasteiger partial charge in [0.15, 0.2) is 0 Å². The molecule has 1 unspecified atom stereocenters. The zero-order valence-corrected chi connectivity index (χ0v) is 12.4. The highest BCUT2D eigenvalue weighted by molar-refractivity contribution is 5.95. The van der Waals surface area contributed by atoms with Crippen molar-refractivity contribution in [2.24, 2.45) is 11.5 Å². The number of benzene rings is 1. The summed E-state index contributed by atoms with van der Waals surface area (Å²) < 4.78 is 0. The summed E-state index contributed by atoms with van der Waals surface area (Å²) in [4.78, 5) is 35.2. The average molecular weight is 303 g/mol. The zero-order chi connectivity index (χ0) is 16.2. The van der Waals surface area contributed by atoms with Crippen LogP contribution >= 0.6 is 0 Å². The van der Waals surface area contributed by atoms with E-state index in [2.05, 4.69) is 5.32 Å². The lowest BCUT2D eigenvalue weighted by Crippen LogP contribution is -2.52. The van der Waals surface area contributed by atoms with Crippen LogP contribution in [0.15, 0.2) is 30.3 Å². The van der Waals surface area contributed by atoms with Crippen LogP contribution in [0.4, 0.5) is 0 Å². The molecule has 1 saturated carbocycles. The van der Waals surface area contributed by atoms with E-state index in [0.717, 1.165) is 18.4 Å². The normalized spacial score (nSPS) is 17.6. The van der Waals surface area contributed by atoms with Gasteiger partial charge in [0.2, 0.25) is 17.7 Å². The third-order valence-corrected chi connectivity index (χ3v) is 4.27. The average Bonchev–Trinajstić information content (AvgIpc) is 2.97. The summed E-state index contributed by atoms with van der Waals surface area (Å²) in [6, 6.07) is 8.43. The molecule has 0 spiro atoms. The quantitative estimate of drug-likeness (QED) is 0.704. The molecular formula is C16H21N3O3. The molecule has 0 radical (unpaired) electrons. The molecule has 118 valence electrons. The van der Waals surface area contributed by atoms with Crippen molar-refractivity contribution < 1.29 is 14.4 Å². The number of hydrogen-bond acceptors (Lipinski definition) is 3. The number of nitrogens with one attached hydrogen (secondary N) is 1. The Kier molecular flexibility index (Phi) is 4.80. The monoisotopic (exact) mass is 303 g/mol. The van der Waals surface area contributed by atoms with Gasteiger partial charge in [-0.1, -0.05) is 43.2 Å². The molecule has 1 fully saturated rings. The van der Waals surface area contributed by atoms with Crippen molar-refractivity contribution in [2.45, 2.75) is 43.6 Å². The van der Waals surface area contributed by atoms with Crippen molar-refractivity contribution in [3.8, 4) is 0 Å². The van der Waals surface area contributed by atoms with Crippen LogP contribution in [0.3, 0.4) is 0 Å². The van der Waals surface area contributed by atoms with Crippen LogP contribution in [0.2, 0.25) is 0 Å². The summed E-state index contributed by atoms with van der Waals surface area (Å²) in [7, 11) is 0. The van der Waals surface area contributed by atoms with Crippen molar-refractivity contribution >= 4 is 17.7 Å². The summed E-state index contributed by atoms with van der Waals surface area (Å²) in [5, 5.41) is 2.61. The number of amides is 3. The third kappa shape index (κ3) is 3.27. The van der Waals surface area contributed by atoms with Gasteiger partial charge >= 0.3 is 0 Å². The lowest BCUT2D eigenvalue weighted by Gasteiger charge is -2.30. The van der Waals surface area contributed by atoms with E-state index in [-0.39, 0.29) is 12.3 Å². The summed E-state index contributed by atoms with van der Waals surface area (Å²) in [6.07, 6.45) is 3.03. The van der Waals surface area contributed by atoms with Crippen molar-refractivity contribution in [1.82, 2.24) is 5.32 Å². The Morgan fingerprint density at radius 1 is 1.09 bits per heavy atom. The first kappa shape index (κ1) is 16.0. The molecule has 0 aliphatic heterocycles. The van der Waals surface area contributed by atoms with E-state index >= 15 is 0 Å². The fourth-order valence-corrected chi connectivity index (χ4v) is 3.10. The Balaban J connectivity index is 2.24. The van der Waals surface area contributed by atoms with E-state index in [0.29, 0.717) is 12.8 Å². The number of carbonyl (C=O) groups excluding carboxylic acids is 3. The largest absolute Gasteiger partial charge is 0.370 e. The van der Waals surface area contributed by atoms with Gasteiger partial charge in [-0.3, -0.25) is 14.4 Å². The maximum absolute atomic E-state index is 12.8. The topological polar surface area (TPSA) is 115 Å². The van der Waals surface area contributed by atoms with Gasteiger partial charge in [-0.2, -0.15) is 0 Å². The standard InChI is InChI=1S/C16H21N3O3/c17-13(20)10-12(14(18)21)19-15(22)16(8-4-5-9-16)11-6-2-1-3-7-11/h1-3,6-7,12H,4-5,8-10H2,(H2,17,20)(H2,18,21)(H,19,22). The lowest BCUT2D eigenvalue weighted by atomic mass is 9.77. The van der Waals surface area contributed by atoms with Crippen molar-refractivity contribution in [1.29, 1.82) is 0 Å². The number of nitrogens with two attached hydrogens (primary N) is 2. The molecule has 1 aliphatic carbocycles. The molecule has 0 saturated heterocycles. The molecule has 0 bridgehead atoms. The second kappa shape index (κ2) is 6.60. The van der Waals surface area contributed by atoms with Gasteiger partial charge in [0, 0.05) is 0 Å². The number of carbonyl (C=O) groups is 3. The Bertz CT molecular complexity index is 565. The summed E-state index contributed by atoms with van der Waals surface area (Å²) in [5.74, 6) is -1.70. The molecule has 0 heterocycles. The smallest absolute Gasteiger partial charge is 0.240 e. The van der Waals surface area contributed by atoms with E-state index in [9.17, 15) is 14.4 Å². The minimum Gasteiger partial charge on any atom is -0.370 e. The van der Waals surface area contributed by atoms with Gasteiger partial charge in [0.1, 0.15) is 6.04 Å². The second-order valence-corrected chi connectivity index (χ2v) is 5.75. The fraction of sp³-hybridized carbons (Fsp3) is 0.438. The molecule has 3 amide bonds. The van der Waals surface area contributed by atoms with Gasteiger partial charge in [-0.15, -0.1) is 0 Å². The molecule has 1 aromatic rings. The highest BCUT2D eigenvalue weighted by atomic mass is 16.2. The molecule has 6 heteroatoms. The van der Waals surface area contributed by atoms with E-state index in [1.165, 1.54) is 0 Å². The molecule has 2 rings (SSSR count). The fourth-order valence-electron chi connectivity index (χ4n) is 3.10. The van der Waals surface area contributed by atoms with Crippen LogP contribution in [0, 0.1) is 0 Å². The van der Waals surface area contributed by atoms with Gasteiger partial charge < -0.3 is 16.8 Å². The number of primary amides is 2. The van der Waals surface area contributed by atoms with Crippen LogP contribution in [0.25, 0.3) is 0 Å². The predicted octanol–water partition coefficient (Wildman–Crippen LogP) is 0.344. The maximum Gasteiger partial charge on any atom is 0.240 e. The molecule has 0 aromatic heterocycles. The second-order valence-electron chi connectivity index (χ2n) is 5.75. The van der Waals surface area contributed by atoms with E-state index < -0.39 is 23.3 Å². The Morgan fingerprint density at radius 3 is 2.18 bits per heavy atom. The van der Waals surface area contributed by atoms with Crippen LogP contribution < -0.4 is 16.8 Å². The molecular weight excluding hydrogens is 282 g/mol. The molecule has 6 nitrogen and oxygen atoms in total. The highest BCUT2D eigenvalue weighted by Crippen LogP contribution is 2.41. The lowest BCUT2D eigenvalue weighted by molar-refractivity contribution is -0.132. The van der Waals surface area contributed by atoms with Gasteiger partial charge in [0.05, 0.1) is 11.8 Å². The molecule has 22 heavy (non-hydrogen) atoms. The van der Waals surface area contributed by atoms with Crippen LogP contribution in [0.1, 0.15) is 37.7 Å². The van der Waals surface area contributed by atoms with E-state index in [1.807, 2.05) is 30.3 Å². The third-order valence-electron chi connectivity index (χ3n) is 4.27. The van der Waals surface area contributed by atoms with Gasteiger partial charge in [-0.05, 0) is 18.4 Å². The molecule has 1 atom stereocenters. The minimum atomic E-state index is -1.06. The van der Waals surface area contributed by atoms with Crippen molar-refractivity contribution in [3.63, 3.8) is 0 Å². The van der Waals surface area contributed by atoms with Crippen LogP contribution in [-0.4, -0.2) is 23.8 Å². The Labute approximate surface area is 129 Å². The first-order chi connectivity index (χ1) is 10.5. The van der Waals surface area contributed by atoms with Crippen LogP contribution in [-0.2, 0) is 19.8 Å². The van der Waals surface area contributed by atoms with Gasteiger partial charge in [0.25, 0.3) is 0 Å². The van der Waals surface area contributed by atoms with Gasteiger partial charge in [-0.25, -0.2) is 0 Å². The SMILES string of the molecule is NC(=O)CC(NC(=O)C1(c2ccccc2)CCCC1)C(N)=O. The highest BCUT2D eigenvalue weighted by Gasteiger charge is 2.43. The predicted molar refractivity (Wildman–Crippen MR) is 81.5 cm³/mol. The number of rotatable bonds is 6. The number of hydrogen-bond donors (Lipinski definition) is 3. The zero-order valence-electron chi connectivity index (χ0n) is 12.4. The first-order valence-electron chi connectivity index (χ1n) is 7.40. The van der Waals surface area contributed by atoms with Crippen LogP contribution in [0.5, 0.6) is 0 Å². The summed E-state index contributed by atoms with van der Waals surface area (Å²) in [5.41, 5.74) is 10.6.